The molecule has 1 amide bonds. The Morgan fingerprint density at radius 3 is 2.33 bits per heavy atom. The van der Waals surface area contributed by atoms with E-state index >= 15 is 0 Å². The predicted octanol–water partition coefficient (Wildman–Crippen LogP) is 7.77. The van der Waals surface area contributed by atoms with Gasteiger partial charge in [-0.05, 0) is 98.3 Å². The van der Waals surface area contributed by atoms with Crippen molar-refractivity contribution >= 4 is 22.6 Å². The van der Waals surface area contributed by atoms with Crippen LogP contribution in [0.15, 0.2) is 66.9 Å². The van der Waals surface area contributed by atoms with Crippen LogP contribution >= 0.6 is 0 Å². The first kappa shape index (κ1) is 31.3. The lowest BCUT2D eigenvalue weighted by Crippen LogP contribution is -2.34. The molecule has 43 heavy (non-hydrogen) atoms. The summed E-state index contributed by atoms with van der Waals surface area (Å²) in [5.41, 5.74) is 2.60. The Morgan fingerprint density at radius 2 is 1.70 bits per heavy atom. The van der Waals surface area contributed by atoms with Crippen LogP contribution in [0.2, 0.25) is 0 Å². The molecule has 1 aromatic heterocycles. The molecule has 0 bridgehead atoms. The number of benzene rings is 3. The summed E-state index contributed by atoms with van der Waals surface area (Å²) in [6.45, 7) is 3.06. The molecule has 0 aliphatic rings. The molecule has 0 spiro atoms. The molecule has 0 aliphatic heterocycles. The van der Waals surface area contributed by atoms with E-state index in [0.717, 1.165) is 31.1 Å². The van der Waals surface area contributed by atoms with Crippen molar-refractivity contribution in [3.05, 3.63) is 89.1 Å². The van der Waals surface area contributed by atoms with Gasteiger partial charge >= 0.3 is 6.18 Å². The molecule has 4 aromatic rings. The van der Waals surface area contributed by atoms with Crippen molar-refractivity contribution < 1.29 is 27.5 Å². The zero-order valence-electron chi connectivity index (χ0n) is 24.1. The van der Waals surface area contributed by atoms with Crippen LogP contribution in [0.4, 0.5) is 13.2 Å². The van der Waals surface area contributed by atoms with E-state index < -0.39 is 18.6 Å². The number of nitriles is 1. The second-order valence-corrected chi connectivity index (χ2v) is 10.6. The van der Waals surface area contributed by atoms with Crippen LogP contribution in [0.1, 0.15) is 70.9 Å². The number of halogens is 3. The van der Waals surface area contributed by atoms with Crippen LogP contribution in [0, 0.1) is 24.2 Å². The van der Waals surface area contributed by atoms with Crippen LogP contribution in [0.5, 0.6) is 11.5 Å². The number of aromatic nitrogens is 2. The number of nitrogens with one attached hydrogen (secondary N) is 1. The second kappa shape index (κ2) is 14.0. The molecule has 1 N–H and O–H groups in total. The lowest BCUT2D eigenvalue weighted by atomic mass is 9.95. The molecule has 224 valence electrons. The fourth-order valence-electron chi connectivity index (χ4n) is 5.03. The number of ketones is 1. The molecule has 0 aliphatic carbocycles. The van der Waals surface area contributed by atoms with Crippen molar-refractivity contribution in [3.8, 4) is 17.6 Å². The van der Waals surface area contributed by atoms with Gasteiger partial charge in [-0.2, -0.15) is 23.5 Å². The topological polar surface area (TPSA) is 97.0 Å². The standard InChI is InChI=1S/C33H33F3N4O3/c1-3-5-24(19-40-20-29-22(2)28(16-17-30(29)39-40)32(42)38-21-33(34,35)36)6-4-7-31(41)25-10-14-27(15-11-25)43-26-12-8-23(18-37)9-13-26/h8-17,20,24H,3-7,19,21H2,1-2H3,(H,38,42). The number of hydrogen-bond acceptors (Lipinski definition) is 5. The molecule has 1 heterocycles. The van der Waals surface area contributed by atoms with E-state index in [4.69, 9.17) is 10.00 Å². The summed E-state index contributed by atoms with van der Waals surface area (Å²) >= 11 is 0. The quantitative estimate of drug-likeness (QED) is 0.161. The van der Waals surface area contributed by atoms with Gasteiger partial charge in [0.2, 0.25) is 0 Å². The summed E-state index contributed by atoms with van der Waals surface area (Å²) in [7, 11) is 0. The van der Waals surface area contributed by atoms with Gasteiger partial charge in [-0.25, -0.2) is 0 Å². The molecule has 7 nitrogen and oxygen atoms in total. The maximum atomic E-state index is 12.8. The number of carbonyl (C=O) groups is 2. The third kappa shape index (κ3) is 8.67. The molecule has 4 rings (SSSR count). The Kier molecular flexibility index (Phi) is 10.2. The first-order chi connectivity index (χ1) is 20.6. The first-order valence-corrected chi connectivity index (χ1v) is 14.2. The van der Waals surface area contributed by atoms with Gasteiger partial charge in [0.05, 0.1) is 17.1 Å². The summed E-state index contributed by atoms with van der Waals surface area (Å²) in [5, 5.41) is 16.2. The van der Waals surface area contributed by atoms with Crippen LogP contribution in [-0.4, -0.2) is 34.2 Å². The van der Waals surface area contributed by atoms with Crippen molar-refractivity contribution in [3.63, 3.8) is 0 Å². The molecule has 1 atom stereocenters. The Balaban J connectivity index is 1.32. The third-order valence-corrected chi connectivity index (χ3v) is 7.25. The normalized spacial score (nSPS) is 12.1. The molecule has 0 saturated carbocycles. The molecule has 10 heteroatoms. The predicted molar refractivity (Wildman–Crippen MR) is 157 cm³/mol. The molecule has 0 fully saturated rings. The number of Topliss-reactive ketones (excluding diaryl/α,β-unsaturated/α-hetero) is 1. The number of alkyl halides is 3. The number of amides is 1. The van der Waals surface area contributed by atoms with E-state index in [1.54, 1.807) is 61.5 Å². The highest BCUT2D eigenvalue weighted by Gasteiger charge is 2.28. The number of rotatable bonds is 13. The van der Waals surface area contributed by atoms with E-state index in [0.29, 0.717) is 46.7 Å². The average Bonchev–Trinajstić information content (AvgIpc) is 3.40. The van der Waals surface area contributed by atoms with Gasteiger partial charge in [0.1, 0.15) is 18.0 Å². The Hall–Kier alpha value is -4.65. The largest absolute Gasteiger partial charge is 0.457 e. The molecular formula is C33H33F3N4O3. The van der Waals surface area contributed by atoms with E-state index in [-0.39, 0.29) is 17.3 Å². The number of aryl methyl sites for hydroxylation is 1. The van der Waals surface area contributed by atoms with Crippen molar-refractivity contribution in [2.75, 3.05) is 6.54 Å². The van der Waals surface area contributed by atoms with Gasteiger partial charge in [-0.1, -0.05) is 13.3 Å². The third-order valence-electron chi connectivity index (χ3n) is 7.25. The summed E-state index contributed by atoms with van der Waals surface area (Å²) in [6, 6.07) is 19.0. The number of hydrogen-bond donors (Lipinski definition) is 1. The molecule has 0 radical (unpaired) electrons. The molecular weight excluding hydrogens is 557 g/mol. The summed E-state index contributed by atoms with van der Waals surface area (Å²) in [4.78, 5) is 25.2. The van der Waals surface area contributed by atoms with Gasteiger partial charge in [0, 0.05) is 35.7 Å². The minimum absolute atomic E-state index is 0.0527. The van der Waals surface area contributed by atoms with Crippen molar-refractivity contribution in [2.24, 2.45) is 5.92 Å². The molecule has 1 unspecified atom stereocenters. The van der Waals surface area contributed by atoms with Gasteiger partial charge in [0.15, 0.2) is 5.78 Å². The number of fused-ring (bicyclic) bond motifs is 1. The monoisotopic (exact) mass is 590 g/mol. The van der Waals surface area contributed by atoms with Gasteiger partial charge in [-0.3, -0.25) is 14.3 Å². The minimum Gasteiger partial charge on any atom is -0.457 e. The number of nitrogens with zero attached hydrogens (tertiary/aromatic N) is 3. The fourth-order valence-corrected chi connectivity index (χ4v) is 5.03. The van der Waals surface area contributed by atoms with Crippen molar-refractivity contribution in [2.45, 2.75) is 58.7 Å². The van der Waals surface area contributed by atoms with Crippen LogP contribution in [0.3, 0.4) is 0 Å². The van der Waals surface area contributed by atoms with E-state index in [9.17, 15) is 22.8 Å². The van der Waals surface area contributed by atoms with E-state index in [2.05, 4.69) is 18.1 Å². The van der Waals surface area contributed by atoms with Crippen molar-refractivity contribution in [1.82, 2.24) is 15.1 Å². The average molecular weight is 591 g/mol. The highest BCUT2D eigenvalue weighted by Crippen LogP contribution is 2.25. The smallest absolute Gasteiger partial charge is 0.405 e. The van der Waals surface area contributed by atoms with E-state index in [1.165, 1.54) is 6.07 Å². The summed E-state index contributed by atoms with van der Waals surface area (Å²) < 4.78 is 45.2. The zero-order chi connectivity index (χ0) is 31.0. The first-order valence-electron chi connectivity index (χ1n) is 14.2. The molecule has 3 aromatic carbocycles. The number of ether oxygens (including phenoxy) is 1. The Labute approximate surface area is 248 Å². The summed E-state index contributed by atoms with van der Waals surface area (Å²) in [6.07, 6.45) is 1.24. The minimum atomic E-state index is -4.48. The zero-order valence-corrected chi connectivity index (χ0v) is 24.1. The fraction of sp³-hybridized carbons (Fsp3) is 0.333. The number of carbonyl (C=O) groups excluding carboxylic acids is 2. The Morgan fingerprint density at radius 1 is 1.02 bits per heavy atom. The maximum Gasteiger partial charge on any atom is 0.405 e. The lowest BCUT2D eigenvalue weighted by molar-refractivity contribution is -0.123. The van der Waals surface area contributed by atoms with Gasteiger partial charge < -0.3 is 10.1 Å². The van der Waals surface area contributed by atoms with Crippen LogP contribution in [0.25, 0.3) is 10.9 Å². The SMILES string of the molecule is CCCC(CCCC(=O)c1ccc(Oc2ccc(C#N)cc2)cc1)Cn1cc2c(C)c(C(=O)NCC(F)(F)F)ccc2n1. The van der Waals surface area contributed by atoms with Crippen LogP contribution < -0.4 is 10.1 Å². The second-order valence-electron chi connectivity index (χ2n) is 10.6. The molecule has 0 saturated heterocycles. The highest BCUT2D eigenvalue weighted by atomic mass is 19.4. The van der Waals surface area contributed by atoms with Gasteiger partial charge in [-0.15, -0.1) is 0 Å². The van der Waals surface area contributed by atoms with Crippen molar-refractivity contribution in [1.29, 1.82) is 5.26 Å². The van der Waals surface area contributed by atoms with Gasteiger partial charge in [0.25, 0.3) is 5.91 Å². The van der Waals surface area contributed by atoms with Crippen LogP contribution in [-0.2, 0) is 6.54 Å². The maximum absolute atomic E-state index is 12.8. The Bertz CT molecular complexity index is 1600. The lowest BCUT2D eigenvalue weighted by Gasteiger charge is -2.16. The summed E-state index contributed by atoms with van der Waals surface area (Å²) in [5.74, 6) is 0.765. The van der Waals surface area contributed by atoms with E-state index in [1.807, 2.05) is 16.2 Å². The highest BCUT2D eigenvalue weighted by molar-refractivity contribution is 6.00.